The van der Waals surface area contributed by atoms with Crippen molar-refractivity contribution in [3.05, 3.63) is 16.6 Å². The highest BCUT2D eigenvalue weighted by molar-refractivity contribution is 7.09. The summed E-state index contributed by atoms with van der Waals surface area (Å²) in [6.45, 7) is 2.19. The maximum atomic E-state index is 9.66. The number of aliphatic hydroxyl groups excluding tert-OH is 1. The average molecular weight is 199 g/mol. The number of thiazole rings is 1. The molecule has 0 amide bonds. The van der Waals surface area contributed by atoms with E-state index >= 15 is 0 Å². The van der Waals surface area contributed by atoms with Crippen LogP contribution in [0.1, 0.15) is 50.1 Å². The molecular weight excluding hydrogens is 182 g/mol. The van der Waals surface area contributed by atoms with E-state index in [1.807, 2.05) is 5.38 Å². The second-order valence-corrected chi connectivity index (χ2v) is 4.16. The number of aliphatic hydroxyl groups is 1. The molecule has 1 aromatic heterocycles. The maximum absolute atomic E-state index is 9.66. The van der Waals surface area contributed by atoms with Crippen LogP contribution in [0, 0.1) is 0 Å². The lowest BCUT2D eigenvalue weighted by atomic mass is 10.1. The Morgan fingerprint density at radius 1 is 1.46 bits per heavy atom. The van der Waals surface area contributed by atoms with Gasteiger partial charge in [-0.3, -0.25) is 0 Å². The molecule has 0 saturated heterocycles. The van der Waals surface area contributed by atoms with Gasteiger partial charge < -0.3 is 5.11 Å². The van der Waals surface area contributed by atoms with Crippen LogP contribution in [0.25, 0.3) is 0 Å². The van der Waals surface area contributed by atoms with Gasteiger partial charge in [0.15, 0.2) is 0 Å². The molecule has 1 atom stereocenters. The van der Waals surface area contributed by atoms with E-state index in [2.05, 4.69) is 11.9 Å². The lowest BCUT2D eigenvalue weighted by Gasteiger charge is -2.05. The van der Waals surface area contributed by atoms with Crippen LogP contribution in [0.4, 0.5) is 0 Å². The third kappa shape index (κ3) is 3.87. The average Bonchev–Trinajstić information content (AvgIpc) is 2.65. The molecule has 0 aliphatic rings. The van der Waals surface area contributed by atoms with Crippen LogP contribution in [0.5, 0.6) is 0 Å². The summed E-state index contributed by atoms with van der Waals surface area (Å²) < 4.78 is 0. The van der Waals surface area contributed by atoms with Gasteiger partial charge in [-0.05, 0) is 6.42 Å². The molecule has 13 heavy (non-hydrogen) atoms. The Bertz CT molecular complexity index is 211. The highest BCUT2D eigenvalue weighted by Crippen LogP contribution is 2.21. The van der Waals surface area contributed by atoms with E-state index in [1.54, 1.807) is 6.20 Å². The molecule has 1 rings (SSSR count). The molecule has 74 valence electrons. The van der Waals surface area contributed by atoms with Gasteiger partial charge in [0, 0.05) is 11.6 Å². The summed E-state index contributed by atoms with van der Waals surface area (Å²) in [6.07, 6.45) is 7.10. The molecule has 1 aromatic rings. The van der Waals surface area contributed by atoms with E-state index in [0.717, 1.165) is 17.8 Å². The normalized spacial score (nSPS) is 13.1. The molecule has 2 nitrogen and oxygen atoms in total. The first-order valence-electron chi connectivity index (χ1n) is 4.92. The first kappa shape index (κ1) is 10.7. The van der Waals surface area contributed by atoms with E-state index in [9.17, 15) is 5.11 Å². The Kier molecular flexibility index (Phi) is 5.01. The third-order valence-electron chi connectivity index (χ3n) is 2.07. The van der Waals surface area contributed by atoms with Crippen molar-refractivity contribution in [2.45, 2.75) is 45.1 Å². The number of unbranched alkanes of at least 4 members (excludes halogenated alkanes) is 3. The summed E-state index contributed by atoms with van der Waals surface area (Å²) in [6, 6.07) is 0. The van der Waals surface area contributed by atoms with Gasteiger partial charge in [0.2, 0.25) is 0 Å². The number of hydrogen-bond donors (Lipinski definition) is 1. The molecule has 0 aliphatic carbocycles. The maximum Gasteiger partial charge on any atom is 0.121 e. The van der Waals surface area contributed by atoms with E-state index in [-0.39, 0.29) is 6.10 Å². The van der Waals surface area contributed by atoms with Crippen LogP contribution in [-0.2, 0) is 0 Å². The van der Waals surface area contributed by atoms with Gasteiger partial charge in [0.05, 0.1) is 0 Å². The Morgan fingerprint density at radius 3 is 2.92 bits per heavy atom. The molecule has 0 saturated carbocycles. The van der Waals surface area contributed by atoms with E-state index < -0.39 is 0 Å². The van der Waals surface area contributed by atoms with Gasteiger partial charge in [-0.1, -0.05) is 32.6 Å². The quantitative estimate of drug-likeness (QED) is 0.714. The molecule has 0 bridgehead atoms. The number of nitrogens with zero attached hydrogens (tertiary/aromatic N) is 1. The van der Waals surface area contributed by atoms with Crippen molar-refractivity contribution in [3.8, 4) is 0 Å². The van der Waals surface area contributed by atoms with Crippen LogP contribution in [0.15, 0.2) is 11.6 Å². The van der Waals surface area contributed by atoms with Gasteiger partial charge in [-0.25, -0.2) is 4.98 Å². The highest BCUT2D eigenvalue weighted by atomic mass is 32.1. The second kappa shape index (κ2) is 6.11. The van der Waals surface area contributed by atoms with Crippen LogP contribution < -0.4 is 0 Å². The molecule has 0 fully saturated rings. The summed E-state index contributed by atoms with van der Waals surface area (Å²) in [4.78, 5) is 4.08. The predicted octanol–water partition coefficient (Wildman–Crippen LogP) is 3.15. The standard InChI is InChI=1S/C10H17NOS/c1-2-3-4-5-6-9(12)10-11-7-8-13-10/h7-9,12H,2-6H2,1H3/t9-/m0/s1. The van der Waals surface area contributed by atoms with Crippen LogP contribution in [0.2, 0.25) is 0 Å². The van der Waals surface area contributed by atoms with Gasteiger partial charge in [0.1, 0.15) is 11.1 Å². The second-order valence-electron chi connectivity index (χ2n) is 3.24. The number of aromatic nitrogens is 1. The van der Waals surface area contributed by atoms with Crippen molar-refractivity contribution in [1.29, 1.82) is 0 Å². The number of hydrogen-bond acceptors (Lipinski definition) is 3. The molecule has 0 spiro atoms. The van der Waals surface area contributed by atoms with Crippen LogP contribution in [0.3, 0.4) is 0 Å². The van der Waals surface area contributed by atoms with Crippen LogP contribution in [-0.4, -0.2) is 10.1 Å². The van der Waals surface area contributed by atoms with E-state index in [4.69, 9.17) is 0 Å². The molecule has 1 N–H and O–H groups in total. The molecule has 0 aromatic carbocycles. The minimum Gasteiger partial charge on any atom is -0.386 e. The molecular formula is C10H17NOS. The molecule has 0 radical (unpaired) electrons. The first-order chi connectivity index (χ1) is 6.34. The monoisotopic (exact) mass is 199 g/mol. The smallest absolute Gasteiger partial charge is 0.121 e. The zero-order valence-corrected chi connectivity index (χ0v) is 8.89. The van der Waals surface area contributed by atoms with E-state index in [0.29, 0.717) is 0 Å². The Morgan fingerprint density at radius 2 is 2.31 bits per heavy atom. The van der Waals surface area contributed by atoms with Gasteiger partial charge in [-0.15, -0.1) is 11.3 Å². The van der Waals surface area contributed by atoms with Gasteiger partial charge in [-0.2, -0.15) is 0 Å². The van der Waals surface area contributed by atoms with Crippen molar-refractivity contribution in [2.75, 3.05) is 0 Å². The largest absolute Gasteiger partial charge is 0.386 e. The highest BCUT2D eigenvalue weighted by Gasteiger charge is 2.08. The number of rotatable bonds is 6. The summed E-state index contributed by atoms with van der Waals surface area (Å²) in [5, 5.41) is 12.4. The van der Waals surface area contributed by atoms with Crippen molar-refractivity contribution in [1.82, 2.24) is 4.98 Å². The predicted molar refractivity (Wildman–Crippen MR) is 55.8 cm³/mol. The van der Waals surface area contributed by atoms with Crippen molar-refractivity contribution in [2.24, 2.45) is 0 Å². The zero-order chi connectivity index (χ0) is 9.52. The molecule has 0 unspecified atom stereocenters. The Balaban J connectivity index is 2.15. The van der Waals surface area contributed by atoms with Crippen LogP contribution >= 0.6 is 11.3 Å². The van der Waals surface area contributed by atoms with E-state index in [1.165, 1.54) is 30.6 Å². The minimum absolute atomic E-state index is 0.336. The Hall–Kier alpha value is -0.410. The topological polar surface area (TPSA) is 33.1 Å². The summed E-state index contributed by atoms with van der Waals surface area (Å²) in [5.74, 6) is 0. The Labute approximate surface area is 83.6 Å². The lowest BCUT2D eigenvalue weighted by Crippen LogP contribution is -1.96. The molecule has 1 heterocycles. The molecule has 3 heteroatoms. The van der Waals surface area contributed by atoms with Gasteiger partial charge >= 0.3 is 0 Å². The minimum atomic E-state index is -0.336. The van der Waals surface area contributed by atoms with Crippen molar-refractivity contribution in [3.63, 3.8) is 0 Å². The summed E-state index contributed by atoms with van der Waals surface area (Å²) in [7, 11) is 0. The summed E-state index contributed by atoms with van der Waals surface area (Å²) >= 11 is 1.53. The lowest BCUT2D eigenvalue weighted by molar-refractivity contribution is 0.163. The third-order valence-corrected chi connectivity index (χ3v) is 2.94. The summed E-state index contributed by atoms with van der Waals surface area (Å²) in [5.41, 5.74) is 0. The van der Waals surface area contributed by atoms with Crippen molar-refractivity contribution < 1.29 is 5.11 Å². The van der Waals surface area contributed by atoms with Crippen molar-refractivity contribution >= 4 is 11.3 Å². The van der Waals surface area contributed by atoms with Gasteiger partial charge in [0.25, 0.3) is 0 Å². The SMILES string of the molecule is CCCCCC[C@H](O)c1nccs1. The first-order valence-corrected chi connectivity index (χ1v) is 5.80. The fourth-order valence-corrected chi connectivity index (χ4v) is 1.94. The molecule has 0 aliphatic heterocycles. The fraction of sp³-hybridized carbons (Fsp3) is 0.700. The zero-order valence-electron chi connectivity index (χ0n) is 8.07. The fourth-order valence-electron chi connectivity index (χ4n) is 1.29.